The molecule has 0 N–H and O–H groups in total. The first-order valence-electron chi connectivity index (χ1n) is 7.99. The quantitative estimate of drug-likeness (QED) is 0.447. The Balaban J connectivity index is 3.29. The van der Waals surface area contributed by atoms with Gasteiger partial charge < -0.3 is 23.7 Å². The van der Waals surface area contributed by atoms with E-state index in [9.17, 15) is 24.0 Å². The highest BCUT2D eigenvalue weighted by molar-refractivity contribution is 8.14. The number of rotatable bonds is 6. The van der Waals surface area contributed by atoms with Crippen molar-refractivity contribution in [2.45, 2.75) is 64.5 Å². The van der Waals surface area contributed by atoms with E-state index in [-0.39, 0.29) is 11.7 Å². The van der Waals surface area contributed by atoms with Gasteiger partial charge in [0.2, 0.25) is 0 Å². The number of carbonyl (C=O) groups is 5. The van der Waals surface area contributed by atoms with E-state index < -0.39 is 53.7 Å². The maximum Gasteiger partial charge on any atom is 0.303 e. The van der Waals surface area contributed by atoms with Gasteiger partial charge in [-0.15, -0.1) is 0 Å². The maximum atomic E-state index is 11.6. The Bertz CT molecular complexity index is 604. The lowest BCUT2D eigenvalue weighted by atomic mass is 9.99. The Labute approximate surface area is 160 Å². The number of hydrogen-bond donors (Lipinski definition) is 0. The van der Waals surface area contributed by atoms with Crippen molar-refractivity contribution in [3.8, 4) is 0 Å². The third-order valence-electron chi connectivity index (χ3n) is 3.23. The van der Waals surface area contributed by atoms with E-state index in [1.807, 2.05) is 0 Å². The van der Waals surface area contributed by atoms with Gasteiger partial charge in [0.05, 0.1) is 0 Å². The highest BCUT2D eigenvalue weighted by atomic mass is 32.2. The second-order valence-corrected chi connectivity index (χ2v) is 6.95. The van der Waals surface area contributed by atoms with Crippen LogP contribution in [0.15, 0.2) is 0 Å². The van der Waals surface area contributed by atoms with E-state index in [0.717, 1.165) is 20.8 Å². The third-order valence-corrected chi connectivity index (χ3v) is 4.17. The first-order valence-corrected chi connectivity index (χ1v) is 8.87. The molecule has 0 aliphatic carbocycles. The third kappa shape index (κ3) is 7.55. The van der Waals surface area contributed by atoms with Gasteiger partial charge in [0, 0.05) is 34.6 Å². The minimum Gasteiger partial charge on any atom is -0.463 e. The summed E-state index contributed by atoms with van der Waals surface area (Å²) in [4.78, 5) is 57.3. The van der Waals surface area contributed by atoms with Crippen molar-refractivity contribution in [3.63, 3.8) is 0 Å². The SMILES string of the molecule is CC(=O)OC[C@@H]1O[C@@H](SC(C)=O)[C@H](OC(C)=O)[C@H](OC(C)=O)[C@H]1OC(C)=O. The highest BCUT2D eigenvalue weighted by Gasteiger charge is 2.52. The number of carbonyl (C=O) groups excluding carboxylic acids is 5. The molecule has 1 heterocycles. The summed E-state index contributed by atoms with van der Waals surface area (Å²) in [5, 5.41) is -0.351. The topological polar surface area (TPSA) is 132 Å². The van der Waals surface area contributed by atoms with Crippen LogP contribution in [0.2, 0.25) is 0 Å². The van der Waals surface area contributed by atoms with Crippen molar-refractivity contribution >= 4 is 40.8 Å². The molecule has 0 aromatic heterocycles. The van der Waals surface area contributed by atoms with Crippen LogP contribution in [0.5, 0.6) is 0 Å². The molecule has 0 unspecified atom stereocenters. The monoisotopic (exact) mass is 406 g/mol. The molecule has 0 aromatic rings. The summed E-state index contributed by atoms with van der Waals surface area (Å²) in [7, 11) is 0. The van der Waals surface area contributed by atoms with Gasteiger partial charge in [-0.25, -0.2) is 0 Å². The number of thioether (sulfide) groups is 1. The molecule has 1 rings (SSSR count). The summed E-state index contributed by atoms with van der Waals surface area (Å²) >= 11 is 0.705. The fourth-order valence-electron chi connectivity index (χ4n) is 2.45. The van der Waals surface area contributed by atoms with E-state index in [2.05, 4.69) is 0 Å². The summed E-state index contributed by atoms with van der Waals surface area (Å²) in [6.45, 7) is 5.51. The smallest absolute Gasteiger partial charge is 0.303 e. The lowest BCUT2D eigenvalue weighted by Gasteiger charge is -2.43. The molecule has 0 saturated carbocycles. The second-order valence-electron chi connectivity index (χ2n) is 5.68. The first-order chi connectivity index (χ1) is 12.5. The molecule has 152 valence electrons. The number of ether oxygens (including phenoxy) is 5. The first kappa shape index (κ1) is 22.9. The zero-order valence-corrected chi connectivity index (χ0v) is 16.4. The minimum atomic E-state index is -1.26. The lowest BCUT2D eigenvalue weighted by molar-refractivity contribution is -0.237. The van der Waals surface area contributed by atoms with Crippen LogP contribution in [0.4, 0.5) is 0 Å². The van der Waals surface area contributed by atoms with Gasteiger partial charge >= 0.3 is 23.9 Å². The summed E-state index contributed by atoms with van der Waals surface area (Å²) < 4.78 is 26.2. The van der Waals surface area contributed by atoms with Gasteiger partial charge in [-0.05, 0) is 0 Å². The fourth-order valence-corrected chi connectivity index (χ4v) is 3.32. The molecule has 5 atom stereocenters. The maximum absolute atomic E-state index is 11.6. The molecule has 11 heteroatoms. The summed E-state index contributed by atoms with van der Waals surface area (Å²) in [5.74, 6) is -2.76. The number of esters is 4. The second kappa shape index (κ2) is 10.3. The van der Waals surface area contributed by atoms with Crippen molar-refractivity contribution in [1.29, 1.82) is 0 Å². The molecule has 0 radical (unpaired) electrons. The predicted octanol–water partition coefficient (Wildman–Crippen LogP) is 0.349. The molecule has 1 saturated heterocycles. The van der Waals surface area contributed by atoms with Crippen molar-refractivity contribution in [2.24, 2.45) is 0 Å². The van der Waals surface area contributed by atoms with Crippen LogP contribution in [-0.4, -0.2) is 65.5 Å². The van der Waals surface area contributed by atoms with E-state index in [1.165, 1.54) is 13.8 Å². The normalized spacial score (nSPS) is 27.2. The van der Waals surface area contributed by atoms with Gasteiger partial charge in [-0.1, -0.05) is 11.8 Å². The Morgan fingerprint density at radius 2 is 1.22 bits per heavy atom. The van der Waals surface area contributed by atoms with Crippen LogP contribution in [0, 0.1) is 0 Å². The molecule has 0 aromatic carbocycles. The molecular weight excluding hydrogens is 384 g/mol. The molecular formula is C16H22O10S. The Kier molecular flexibility index (Phi) is 8.70. The van der Waals surface area contributed by atoms with Crippen LogP contribution in [0.25, 0.3) is 0 Å². The average Bonchev–Trinajstić information content (AvgIpc) is 2.49. The van der Waals surface area contributed by atoms with E-state index in [0.29, 0.717) is 11.8 Å². The van der Waals surface area contributed by atoms with Crippen LogP contribution < -0.4 is 0 Å². The summed E-state index contributed by atoms with van der Waals surface area (Å²) in [6.07, 6.45) is -4.76. The van der Waals surface area contributed by atoms with E-state index in [4.69, 9.17) is 23.7 Å². The van der Waals surface area contributed by atoms with Crippen LogP contribution in [0.3, 0.4) is 0 Å². The van der Waals surface area contributed by atoms with Crippen molar-refractivity contribution in [2.75, 3.05) is 6.61 Å². The van der Waals surface area contributed by atoms with Gasteiger partial charge in [-0.3, -0.25) is 24.0 Å². The molecule has 1 aliphatic rings. The van der Waals surface area contributed by atoms with Gasteiger partial charge in [0.25, 0.3) is 0 Å². The summed E-state index contributed by atoms with van der Waals surface area (Å²) in [6, 6.07) is 0. The molecule has 0 bridgehead atoms. The van der Waals surface area contributed by atoms with Gasteiger partial charge in [-0.2, -0.15) is 0 Å². The zero-order chi connectivity index (χ0) is 20.7. The molecule has 1 fully saturated rings. The zero-order valence-electron chi connectivity index (χ0n) is 15.6. The van der Waals surface area contributed by atoms with Crippen LogP contribution in [-0.2, 0) is 47.7 Å². The van der Waals surface area contributed by atoms with Crippen molar-refractivity contribution in [1.82, 2.24) is 0 Å². The van der Waals surface area contributed by atoms with Crippen LogP contribution in [0.1, 0.15) is 34.6 Å². The van der Waals surface area contributed by atoms with Gasteiger partial charge in [0.1, 0.15) is 12.7 Å². The molecule has 27 heavy (non-hydrogen) atoms. The molecule has 0 spiro atoms. The Morgan fingerprint density at radius 3 is 1.67 bits per heavy atom. The van der Waals surface area contributed by atoms with Crippen LogP contribution >= 0.6 is 11.8 Å². The van der Waals surface area contributed by atoms with Gasteiger partial charge in [0.15, 0.2) is 28.9 Å². The van der Waals surface area contributed by atoms with Crippen molar-refractivity contribution < 1.29 is 47.7 Å². The largest absolute Gasteiger partial charge is 0.463 e. The minimum absolute atomic E-state index is 0.327. The Hall–Kier alpha value is -2.14. The highest BCUT2D eigenvalue weighted by Crippen LogP contribution is 2.34. The standard InChI is InChI=1S/C16H22O10S/c1-7(17)22-6-12-13(23-8(2)18)14(24-9(3)19)15(25-10(4)20)16(26-12)27-11(5)21/h12-16H,6H2,1-5H3/t12-,13-,14+,15+,16-/m0/s1. The van der Waals surface area contributed by atoms with E-state index in [1.54, 1.807) is 0 Å². The fraction of sp³-hybridized carbons (Fsp3) is 0.688. The molecule has 0 amide bonds. The molecule has 1 aliphatic heterocycles. The predicted molar refractivity (Wildman–Crippen MR) is 90.2 cm³/mol. The van der Waals surface area contributed by atoms with E-state index >= 15 is 0 Å². The Morgan fingerprint density at radius 1 is 0.741 bits per heavy atom. The van der Waals surface area contributed by atoms with Crippen molar-refractivity contribution in [3.05, 3.63) is 0 Å². The number of hydrogen-bond acceptors (Lipinski definition) is 11. The summed E-state index contributed by atoms with van der Waals surface area (Å²) in [5.41, 5.74) is -1.07. The molecule has 10 nitrogen and oxygen atoms in total. The average molecular weight is 406 g/mol. The lowest BCUT2D eigenvalue weighted by Crippen LogP contribution is -2.61.